The molecule has 1 aliphatic heterocycles. The van der Waals surface area contributed by atoms with Crippen LogP contribution in [-0.4, -0.2) is 78.8 Å². The molecule has 2 heterocycles. The number of aromatic nitrogens is 1. The molecule has 10 heteroatoms. The van der Waals surface area contributed by atoms with Gasteiger partial charge in [0.15, 0.2) is 0 Å². The van der Waals surface area contributed by atoms with Gasteiger partial charge in [0.25, 0.3) is 0 Å². The summed E-state index contributed by atoms with van der Waals surface area (Å²) in [4.78, 5) is 35.2. The van der Waals surface area contributed by atoms with Crippen molar-refractivity contribution in [1.29, 1.82) is 0 Å². The van der Waals surface area contributed by atoms with Crippen molar-refractivity contribution < 1.29 is 19.1 Å². The summed E-state index contributed by atoms with van der Waals surface area (Å²) in [6.45, 7) is 3.86. The number of ether oxygens (including phenoxy) is 2. The Morgan fingerprint density at radius 2 is 1.85 bits per heavy atom. The van der Waals surface area contributed by atoms with Gasteiger partial charge in [-0.3, -0.25) is 9.78 Å². The monoisotopic (exact) mass is 604 g/mol. The van der Waals surface area contributed by atoms with Crippen LogP contribution in [0.4, 0.5) is 4.79 Å². The molecule has 8 nitrogen and oxygen atoms in total. The Labute approximate surface area is 253 Å². The van der Waals surface area contributed by atoms with Gasteiger partial charge < -0.3 is 24.6 Å². The van der Waals surface area contributed by atoms with Gasteiger partial charge in [-0.2, -0.15) is 0 Å². The van der Waals surface area contributed by atoms with Gasteiger partial charge in [0, 0.05) is 47.7 Å². The molecule has 1 aromatic heterocycles. The Morgan fingerprint density at radius 3 is 2.51 bits per heavy atom. The number of likely N-dealkylation sites (tertiary alicyclic amines) is 1. The van der Waals surface area contributed by atoms with Crippen molar-refractivity contribution in [3.63, 3.8) is 0 Å². The lowest BCUT2D eigenvalue weighted by molar-refractivity contribution is -0.134. The fraction of sp³-hybridized carbons (Fsp3) is 0.581. The number of rotatable bonds is 11. The summed E-state index contributed by atoms with van der Waals surface area (Å²) in [5, 5.41) is 3.82. The summed E-state index contributed by atoms with van der Waals surface area (Å²) in [6.07, 6.45) is 7.71. The van der Waals surface area contributed by atoms with E-state index < -0.39 is 12.1 Å². The number of amides is 2. The first-order chi connectivity index (χ1) is 19.7. The molecule has 0 unspecified atom stereocenters. The van der Waals surface area contributed by atoms with E-state index >= 15 is 0 Å². The third-order valence-corrected chi connectivity index (χ3v) is 8.82. The quantitative estimate of drug-likeness (QED) is 0.334. The van der Waals surface area contributed by atoms with E-state index in [1.807, 2.05) is 17.0 Å². The smallest absolute Gasteiger partial charge is 0.408 e. The fourth-order valence-electron chi connectivity index (χ4n) is 5.68. The van der Waals surface area contributed by atoms with Crippen LogP contribution in [0.3, 0.4) is 0 Å². The van der Waals surface area contributed by atoms with E-state index in [0.29, 0.717) is 35.8 Å². The SMILES string of the molecule is CC[C@H](COc1cccnc1C1CCN(C(=O)[C@@H](Cc2ccc(Cl)cc2Cl)NC(=O)OC2CCCC2)CC1)N(C)C. The van der Waals surface area contributed by atoms with Gasteiger partial charge in [-0.1, -0.05) is 36.2 Å². The zero-order valence-corrected chi connectivity index (χ0v) is 25.8. The van der Waals surface area contributed by atoms with E-state index in [-0.39, 0.29) is 24.3 Å². The third-order valence-electron chi connectivity index (χ3n) is 8.23. The van der Waals surface area contributed by atoms with Crippen LogP contribution in [0.25, 0.3) is 0 Å². The van der Waals surface area contributed by atoms with Crippen molar-refractivity contribution in [2.24, 2.45) is 0 Å². The highest BCUT2D eigenvalue weighted by atomic mass is 35.5. The lowest BCUT2D eigenvalue weighted by Gasteiger charge is -2.35. The number of carbonyl (C=O) groups excluding carboxylic acids is 2. The van der Waals surface area contributed by atoms with Gasteiger partial charge >= 0.3 is 6.09 Å². The number of nitrogens with zero attached hydrogens (tertiary/aromatic N) is 3. The maximum atomic E-state index is 13.8. The van der Waals surface area contributed by atoms with Crippen LogP contribution >= 0.6 is 23.2 Å². The summed E-state index contributed by atoms with van der Waals surface area (Å²) in [5.41, 5.74) is 1.68. The van der Waals surface area contributed by atoms with Crippen LogP contribution in [0.2, 0.25) is 10.0 Å². The van der Waals surface area contributed by atoms with Crippen LogP contribution in [0.1, 0.15) is 69.0 Å². The second kappa shape index (κ2) is 15.1. The van der Waals surface area contributed by atoms with E-state index in [0.717, 1.165) is 62.0 Å². The van der Waals surface area contributed by atoms with Gasteiger partial charge in [-0.05, 0) is 88.9 Å². The van der Waals surface area contributed by atoms with Crippen molar-refractivity contribution in [3.05, 3.63) is 57.8 Å². The van der Waals surface area contributed by atoms with Crippen molar-refractivity contribution in [3.8, 4) is 5.75 Å². The number of carbonyl (C=O) groups is 2. The largest absolute Gasteiger partial charge is 0.490 e. The maximum absolute atomic E-state index is 13.8. The lowest BCUT2D eigenvalue weighted by atomic mass is 9.91. The minimum absolute atomic E-state index is 0.0965. The molecule has 1 saturated carbocycles. The molecule has 1 aliphatic carbocycles. The average molecular weight is 606 g/mol. The van der Waals surface area contributed by atoms with Crippen LogP contribution in [0.5, 0.6) is 5.75 Å². The van der Waals surface area contributed by atoms with Gasteiger partial charge in [-0.25, -0.2) is 4.79 Å². The van der Waals surface area contributed by atoms with Gasteiger partial charge in [-0.15, -0.1) is 0 Å². The minimum atomic E-state index is -0.801. The molecule has 1 N–H and O–H groups in total. The topological polar surface area (TPSA) is 84.0 Å². The van der Waals surface area contributed by atoms with E-state index in [1.165, 1.54) is 0 Å². The molecule has 2 aromatic rings. The van der Waals surface area contributed by atoms with Crippen molar-refractivity contribution in [1.82, 2.24) is 20.1 Å². The Balaban J connectivity index is 1.41. The number of hydrogen-bond acceptors (Lipinski definition) is 6. The molecule has 2 atom stereocenters. The van der Waals surface area contributed by atoms with E-state index in [1.54, 1.807) is 24.4 Å². The predicted molar refractivity (Wildman–Crippen MR) is 162 cm³/mol. The second-order valence-electron chi connectivity index (χ2n) is 11.3. The molecular weight excluding hydrogens is 563 g/mol. The van der Waals surface area contributed by atoms with Crippen LogP contribution in [-0.2, 0) is 16.0 Å². The van der Waals surface area contributed by atoms with E-state index in [4.69, 9.17) is 32.7 Å². The van der Waals surface area contributed by atoms with Crippen LogP contribution in [0.15, 0.2) is 36.5 Å². The number of benzene rings is 1. The molecule has 1 aromatic carbocycles. The van der Waals surface area contributed by atoms with Gasteiger partial charge in [0.1, 0.15) is 24.5 Å². The normalized spacial score (nSPS) is 17.9. The number of likely N-dealkylation sites (N-methyl/N-ethyl adjacent to an activating group) is 1. The highest BCUT2D eigenvalue weighted by Gasteiger charge is 2.33. The fourth-order valence-corrected chi connectivity index (χ4v) is 6.17. The van der Waals surface area contributed by atoms with Crippen molar-refractivity contribution >= 4 is 35.2 Å². The Hall–Kier alpha value is -2.55. The molecule has 41 heavy (non-hydrogen) atoms. The van der Waals surface area contributed by atoms with Crippen LogP contribution < -0.4 is 10.1 Å². The first kappa shape index (κ1) is 31.4. The number of nitrogens with one attached hydrogen (secondary N) is 1. The molecule has 4 rings (SSSR count). The highest BCUT2D eigenvalue weighted by Crippen LogP contribution is 2.33. The van der Waals surface area contributed by atoms with Gasteiger partial charge in [0.05, 0.1) is 5.69 Å². The molecular formula is C31H42Cl2N4O4. The number of pyridine rings is 1. The highest BCUT2D eigenvalue weighted by molar-refractivity contribution is 6.35. The van der Waals surface area contributed by atoms with E-state index in [2.05, 4.69) is 36.2 Å². The molecule has 0 radical (unpaired) electrons. The Kier molecular flexibility index (Phi) is 11.5. The second-order valence-corrected chi connectivity index (χ2v) is 12.1. The molecule has 2 aliphatic rings. The summed E-state index contributed by atoms with van der Waals surface area (Å²) < 4.78 is 11.9. The van der Waals surface area contributed by atoms with Crippen molar-refractivity contribution in [2.75, 3.05) is 33.8 Å². The minimum Gasteiger partial charge on any atom is -0.490 e. The maximum Gasteiger partial charge on any atom is 0.408 e. The zero-order valence-electron chi connectivity index (χ0n) is 24.3. The van der Waals surface area contributed by atoms with Gasteiger partial charge in [0.2, 0.25) is 5.91 Å². The first-order valence-electron chi connectivity index (χ1n) is 14.7. The molecule has 0 bridgehead atoms. The molecule has 0 spiro atoms. The standard InChI is InChI=1S/C31H42Cl2N4O4/c1-4-24(36(2)3)20-40-28-10-7-15-34-29(28)21-13-16-37(17-14-21)30(38)27(18-22-11-12-23(32)19-26(22)33)35-31(39)41-25-8-5-6-9-25/h7,10-12,15,19,21,24-25,27H,4-6,8-9,13-14,16-18,20H2,1-3H3,(H,35,39)/t24-,27-/m1/s1. The molecule has 1 saturated heterocycles. The number of piperidine rings is 1. The molecule has 224 valence electrons. The summed E-state index contributed by atoms with van der Waals surface area (Å²) in [7, 11) is 4.12. The molecule has 2 fully saturated rings. The summed E-state index contributed by atoms with van der Waals surface area (Å²) >= 11 is 12.5. The number of hydrogen-bond donors (Lipinski definition) is 1. The Bertz CT molecular complexity index is 1170. The number of alkyl carbamates (subject to hydrolysis) is 1. The average Bonchev–Trinajstić information content (AvgIpc) is 3.47. The lowest BCUT2D eigenvalue weighted by Crippen LogP contribution is -2.52. The Morgan fingerprint density at radius 1 is 1.12 bits per heavy atom. The van der Waals surface area contributed by atoms with Crippen LogP contribution in [0, 0.1) is 0 Å². The molecule has 2 amide bonds. The zero-order chi connectivity index (χ0) is 29.4. The number of halogens is 2. The summed E-state index contributed by atoms with van der Waals surface area (Å²) in [6, 6.07) is 8.58. The predicted octanol–water partition coefficient (Wildman–Crippen LogP) is 6.09. The first-order valence-corrected chi connectivity index (χ1v) is 15.4. The van der Waals surface area contributed by atoms with Crippen molar-refractivity contribution in [2.45, 2.75) is 82.4 Å². The third kappa shape index (κ3) is 8.72. The van der Waals surface area contributed by atoms with E-state index in [9.17, 15) is 9.59 Å². The summed E-state index contributed by atoms with van der Waals surface area (Å²) in [5.74, 6) is 0.843.